The SMILES string of the molecule is OB(O)c1c(Br)ccc(O)c1F. The fourth-order valence-electron chi connectivity index (χ4n) is 0.795. The van der Waals surface area contributed by atoms with Gasteiger partial charge in [-0.05, 0) is 12.1 Å². The topological polar surface area (TPSA) is 60.7 Å². The molecule has 0 heterocycles. The summed E-state index contributed by atoms with van der Waals surface area (Å²) in [6, 6.07) is 2.44. The lowest BCUT2D eigenvalue weighted by Gasteiger charge is -2.05. The summed E-state index contributed by atoms with van der Waals surface area (Å²) in [7, 11) is -1.94. The zero-order valence-corrected chi connectivity index (χ0v) is 7.42. The predicted octanol–water partition coefficient (Wildman–Crippen LogP) is -0.0264. The molecule has 0 unspecified atom stereocenters. The first-order chi connectivity index (χ1) is 5.54. The maximum atomic E-state index is 12.9. The average Bonchev–Trinajstić information content (AvgIpc) is 1.97. The molecular weight excluding hydrogens is 230 g/mol. The molecule has 64 valence electrons. The Morgan fingerprint density at radius 1 is 1.33 bits per heavy atom. The maximum absolute atomic E-state index is 12.9. The number of aromatic hydroxyl groups is 1. The Bertz CT molecular complexity index is 305. The molecule has 1 aromatic rings. The molecule has 0 aliphatic carbocycles. The smallest absolute Gasteiger partial charge is 0.492 e. The van der Waals surface area contributed by atoms with Gasteiger partial charge in [0.05, 0.1) is 0 Å². The standard InChI is InChI=1S/C6H5BBrFO3/c8-3-1-2-4(10)6(9)5(3)7(11)12/h1-2,10-12H. The Kier molecular flexibility index (Phi) is 2.71. The van der Waals surface area contributed by atoms with E-state index in [1.165, 1.54) is 6.07 Å². The zero-order chi connectivity index (χ0) is 9.30. The number of benzene rings is 1. The van der Waals surface area contributed by atoms with E-state index in [0.717, 1.165) is 6.07 Å². The van der Waals surface area contributed by atoms with Crippen LogP contribution in [0.2, 0.25) is 0 Å². The highest BCUT2D eigenvalue weighted by Crippen LogP contribution is 2.18. The summed E-state index contributed by atoms with van der Waals surface area (Å²) in [5.74, 6) is -1.64. The third-order valence-corrected chi connectivity index (χ3v) is 2.06. The second-order valence-corrected chi connectivity index (χ2v) is 3.02. The van der Waals surface area contributed by atoms with Crippen LogP contribution in [0.5, 0.6) is 5.75 Å². The number of hydrogen-bond donors (Lipinski definition) is 3. The van der Waals surface area contributed by atoms with Crippen LogP contribution in [0.3, 0.4) is 0 Å². The van der Waals surface area contributed by atoms with Crippen molar-refractivity contribution in [1.82, 2.24) is 0 Å². The molecule has 0 fully saturated rings. The molecule has 0 radical (unpaired) electrons. The van der Waals surface area contributed by atoms with Crippen molar-refractivity contribution in [2.75, 3.05) is 0 Å². The molecule has 1 aromatic carbocycles. The van der Waals surface area contributed by atoms with E-state index in [4.69, 9.17) is 15.2 Å². The number of phenolic OH excluding ortho intramolecular Hbond substituents is 1. The Morgan fingerprint density at radius 3 is 2.33 bits per heavy atom. The predicted molar refractivity (Wildman–Crippen MR) is 45.6 cm³/mol. The summed E-state index contributed by atoms with van der Waals surface area (Å²) >= 11 is 2.91. The van der Waals surface area contributed by atoms with Crippen LogP contribution in [0.4, 0.5) is 4.39 Å². The second-order valence-electron chi connectivity index (χ2n) is 2.17. The van der Waals surface area contributed by atoms with Crippen molar-refractivity contribution < 1.29 is 19.5 Å². The van der Waals surface area contributed by atoms with Crippen LogP contribution in [0, 0.1) is 5.82 Å². The van der Waals surface area contributed by atoms with Crippen molar-refractivity contribution >= 4 is 28.5 Å². The first kappa shape index (κ1) is 9.50. The van der Waals surface area contributed by atoms with E-state index in [9.17, 15) is 4.39 Å². The molecule has 1 rings (SSSR count). The van der Waals surface area contributed by atoms with E-state index in [0.29, 0.717) is 0 Å². The highest BCUT2D eigenvalue weighted by Gasteiger charge is 2.22. The molecule has 0 amide bonds. The molecule has 0 saturated heterocycles. The van der Waals surface area contributed by atoms with Gasteiger partial charge in [0.1, 0.15) is 0 Å². The van der Waals surface area contributed by atoms with Gasteiger partial charge in [-0.3, -0.25) is 0 Å². The van der Waals surface area contributed by atoms with Crippen LogP contribution >= 0.6 is 15.9 Å². The highest BCUT2D eigenvalue weighted by atomic mass is 79.9. The van der Waals surface area contributed by atoms with Gasteiger partial charge >= 0.3 is 7.12 Å². The fourth-order valence-corrected chi connectivity index (χ4v) is 1.31. The summed E-state index contributed by atoms with van der Waals surface area (Å²) in [4.78, 5) is 0. The van der Waals surface area contributed by atoms with Crippen molar-refractivity contribution in [2.24, 2.45) is 0 Å². The Balaban J connectivity index is 3.33. The lowest BCUT2D eigenvalue weighted by atomic mass is 9.80. The van der Waals surface area contributed by atoms with Crippen LogP contribution in [0.25, 0.3) is 0 Å². The van der Waals surface area contributed by atoms with Gasteiger partial charge in [0.15, 0.2) is 11.6 Å². The third kappa shape index (κ3) is 1.60. The molecule has 0 atom stereocenters. The molecule has 3 nitrogen and oxygen atoms in total. The van der Waals surface area contributed by atoms with Crippen LogP contribution < -0.4 is 5.46 Å². The zero-order valence-electron chi connectivity index (χ0n) is 5.83. The number of hydrogen-bond acceptors (Lipinski definition) is 3. The largest absolute Gasteiger partial charge is 0.505 e. The monoisotopic (exact) mass is 234 g/mol. The minimum Gasteiger partial charge on any atom is -0.505 e. The number of rotatable bonds is 1. The summed E-state index contributed by atoms with van der Waals surface area (Å²) in [6.45, 7) is 0. The molecule has 0 spiro atoms. The van der Waals surface area contributed by atoms with Crippen LogP contribution in [0.1, 0.15) is 0 Å². The quantitative estimate of drug-likeness (QED) is 0.599. The van der Waals surface area contributed by atoms with Crippen LogP contribution in [-0.2, 0) is 0 Å². The van der Waals surface area contributed by atoms with E-state index < -0.39 is 18.7 Å². The summed E-state index contributed by atoms with van der Waals surface area (Å²) in [5, 5.41) is 26.2. The van der Waals surface area contributed by atoms with Gasteiger partial charge in [-0.15, -0.1) is 0 Å². The van der Waals surface area contributed by atoms with Crippen LogP contribution in [0.15, 0.2) is 16.6 Å². The molecule has 0 saturated carbocycles. The molecule has 0 bridgehead atoms. The lowest BCUT2D eigenvalue weighted by molar-refractivity contribution is 0.412. The fraction of sp³-hybridized carbons (Fsp3) is 0. The summed E-state index contributed by atoms with van der Waals surface area (Å²) in [6.07, 6.45) is 0. The Hall–Kier alpha value is -0.585. The minimum absolute atomic E-state index is 0.202. The van der Waals surface area contributed by atoms with Crippen molar-refractivity contribution in [3.63, 3.8) is 0 Å². The van der Waals surface area contributed by atoms with Gasteiger partial charge in [0, 0.05) is 9.94 Å². The van der Waals surface area contributed by atoms with E-state index in [1.54, 1.807) is 0 Å². The van der Waals surface area contributed by atoms with Gasteiger partial charge < -0.3 is 15.2 Å². The first-order valence-electron chi connectivity index (χ1n) is 3.07. The van der Waals surface area contributed by atoms with Crippen molar-refractivity contribution in [2.45, 2.75) is 0 Å². The lowest BCUT2D eigenvalue weighted by Crippen LogP contribution is -2.33. The molecule has 0 aromatic heterocycles. The molecular formula is C6H5BBrFO3. The van der Waals surface area contributed by atoms with E-state index >= 15 is 0 Å². The molecule has 0 aliphatic heterocycles. The highest BCUT2D eigenvalue weighted by molar-refractivity contribution is 9.10. The van der Waals surface area contributed by atoms with E-state index in [1.807, 2.05) is 0 Å². The van der Waals surface area contributed by atoms with Crippen molar-refractivity contribution in [3.8, 4) is 5.75 Å². The van der Waals surface area contributed by atoms with E-state index in [2.05, 4.69) is 15.9 Å². The average molecular weight is 235 g/mol. The minimum atomic E-state index is -1.94. The summed E-state index contributed by atoms with van der Waals surface area (Å²) < 4.78 is 13.1. The van der Waals surface area contributed by atoms with Crippen molar-refractivity contribution in [3.05, 3.63) is 22.4 Å². The van der Waals surface area contributed by atoms with Gasteiger partial charge in [-0.25, -0.2) is 4.39 Å². The van der Waals surface area contributed by atoms with Gasteiger partial charge in [0.25, 0.3) is 0 Å². The third-order valence-electron chi connectivity index (χ3n) is 1.36. The van der Waals surface area contributed by atoms with Gasteiger partial charge in [0.2, 0.25) is 0 Å². The maximum Gasteiger partial charge on any atom is 0.492 e. The Morgan fingerprint density at radius 2 is 1.92 bits per heavy atom. The number of phenols is 1. The van der Waals surface area contributed by atoms with E-state index in [-0.39, 0.29) is 9.94 Å². The first-order valence-corrected chi connectivity index (χ1v) is 3.86. The second kappa shape index (κ2) is 3.43. The summed E-state index contributed by atoms with van der Waals surface area (Å²) in [5.41, 5.74) is -0.366. The van der Waals surface area contributed by atoms with Gasteiger partial charge in [-0.1, -0.05) is 15.9 Å². The normalized spacial score (nSPS) is 10.0. The van der Waals surface area contributed by atoms with Crippen LogP contribution in [-0.4, -0.2) is 22.3 Å². The van der Waals surface area contributed by atoms with Crippen molar-refractivity contribution in [1.29, 1.82) is 0 Å². The number of halogens is 2. The Labute approximate surface area is 76.7 Å². The molecule has 6 heteroatoms. The molecule has 12 heavy (non-hydrogen) atoms. The molecule has 3 N–H and O–H groups in total. The molecule has 0 aliphatic rings. The van der Waals surface area contributed by atoms with Gasteiger partial charge in [-0.2, -0.15) is 0 Å².